The summed E-state index contributed by atoms with van der Waals surface area (Å²) in [5, 5.41) is 0.625. The third-order valence-corrected chi connectivity index (χ3v) is 4.94. The molecule has 2 rings (SSSR count). The van der Waals surface area contributed by atoms with Crippen LogP contribution in [0.2, 0.25) is 5.02 Å². The van der Waals surface area contributed by atoms with Crippen molar-refractivity contribution in [2.75, 3.05) is 13.2 Å². The largest absolute Gasteiger partial charge is 0.490 e. The lowest BCUT2D eigenvalue weighted by Crippen LogP contribution is -2.13. The maximum atomic E-state index is 6.71. The van der Waals surface area contributed by atoms with E-state index in [0.717, 1.165) is 11.3 Å². The molecule has 0 radical (unpaired) electrons. The zero-order chi connectivity index (χ0) is 15.2. The second-order valence-corrected chi connectivity index (χ2v) is 6.36. The Balaban J connectivity index is 2.27. The molecule has 0 aliphatic heterocycles. The number of halogens is 2. The second-order valence-electron chi connectivity index (χ2n) is 5.49. The second kappa shape index (κ2) is 8.14. The fraction of sp³-hybridized carbons (Fsp3) is 0.647. The molecule has 21 heavy (non-hydrogen) atoms. The number of benzene rings is 1. The van der Waals surface area contributed by atoms with Gasteiger partial charge in [0.15, 0.2) is 11.5 Å². The summed E-state index contributed by atoms with van der Waals surface area (Å²) in [5.74, 6) is 1.94. The molecular weight excluding hydrogens is 307 g/mol. The minimum Gasteiger partial charge on any atom is -0.490 e. The van der Waals surface area contributed by atoms with Crippen molar-refractivity contribution in [2.45, 2.75) is 51.3 Å². The lowest BCUT2D eigenvalue weighted by atomic mass is 9.84. The van der Waals surface area contributed by atoms with E-state index in [1.54, 1.807) is 0 Å². The fourth-order valence-corrected chi connectivity index (χ4v) is 3.74. The molecule has 0 N–H and O–H groups in total. The van der Waals surface area contributed by atoms with Crippen molar-refractivity contribution in [3.63, 3.8) is 0 Å². The smallest absolute Gasteiger partial charge is 0.162 e. The number of ether oxygens (including phenoxy) is 2. The summed E-state index contributed by atoms with van der Waals surface area (Å²) < 4.78 is 11.3. The number of hydrogen-bond acceptors (Lipinski definition) is 2. The molecule has 1 fully saturated rings. The van der Waals surface area contributed by atoms with Gasteiger partial charge >= 0.3 is 0 Å². The first-order chi connectivity index (χ1) is 10.2. The third-order valence-electron chi connectivity index (χ3n) is 4.02. The molecule has 1 atom stereocenters. The maximum Gasteiger partial charge on any atom is 0.162 e. The predicted molar refractivity (Wildman–Crippen MR) is 89.0 cm³/mol. The van der Waals surface area contributed by atoms with Crippen molar-refractivity contribution in [1.29, 1.82) is 0 Å². The van der Waals surface area contributed by atoms with E-state index in [-0.39, 0.29) is 5.38 Å². The van der Waals surface area contributed by atoms with Gasteiger partial charge in [0.05, 0.1) is 18.6 Å². The van der Waals surface area contributed by atoms with Gasteiger partial charge in [0.25, 0.3) is 0 Å². The molecule has 0 heterocycles. The zero-order valence-corrected chi connectivity index (χ0v) is 14.3. The Labute approximate surface area is 137 Å². The van der Waals surface area contributed by atoms with Crippen LogP contribution in [0.5, 0.6) is 11.5 Å². The average Bonchev–Trinajstić information content (AvgIpc) is 2.50. The predicted octanol–water partition coefficient (Wildman–Crippen LogP) is 6.00. The van der Waals surface area contributed by atoms with Crippen molar-refractivity contribution in [1.82, 2.24) is 0 Å². The van der Waals surface area contributed by atoms with Crippen LogP contribution in [0.15, 0.2) is 12.1 Å². The van der Waals surface area contributed by atoms with Crippen molar-refractivity contribution in [3.05, 3.63) is 22.7 Å². The molecule has 0 amide bonds. The van der Waals surface area contributed by atoms with E-state index in [1.807, 2.05) is 26.0 Å². The number of alkyl halides is 1. The Morgan fingerprint density at radius 2 is 1.62 bits per heavy atom. The van der Waals surface area contributed by atoms with Gasteiger partial charge in [-0.3, -0.25) is 0 Å². The van der Waals surface area contributed by atoms with E-state index in [9.17, 15) is 0 Å². The van der Waals surface area contributed by atoms with Crippen molar-refractivity contribution in [3.8, 4) is 11.5 Å². The Hall–Kier alpha value is -0.600. The summed E-state index contributed by atoms with van der Waals surface area (Å²) in [5.41, 5.74) is 0.970. The van der Waals surface area contributed by atoms with E-state index in [4.69, 9.17) is 32.7 Å². The van der Waals surface area contributed by atoms with Crippen molar-refractivity contribution in [2.24, 2.45) is 5.92 Å². The van der Waals surface area contributed by atoms with E-state index in [0.29, 0.717) is 29.9 Å². The van der Waals surface area contributed by atoms with E-state index < -0.39 is 0 Å². The van der Waals surface area contributed by atoms with Gasteiger partial charge in [-0.2, -0.15) is 0 Å². The van der Waals surface area contributed by atoms with Crippen LogP contribution in [0.25, 0.3) is 0 Å². The first-order valence-corrected chi connectivity index (χ1v) is 8.71. The molecule has 0 aromatic heterocycles. The van der Waals surface area contributed by atoms with Gasteiger partial charge in [0.2, 0.25) is 0 Å². The molecule has 4 heteroatoms. The number of rotatable bonds is 6. The zero-order valence-electron chi connectivity index (χ0n) is 12.8. The van der Waals surface area contributed by atoms with Gasteiger partial charge < -0.3 is 9.47 Å². The molecule has 0 spiro atoms. The first-order valence-electron chi connectivity index (χ1n) is 7.90. The van der Waals surface area contributed by atoms with Crippen LogP contribution in [0.1, 0.15) is 56.9 Å². The number of hydrogen-bond donors (Lipinski definition) is 0. The fourth-order valence-electron chi connectivity index (χ4n) is 2.98. The van der Waals surface area contributed by atoms with Gasteiger partial charge in [-0.1, -0.05) is 30.9 Å². The molecule has 2 nitrogen and oxygen atoms in total. The Morgan fingerprint density at radius 3 is 2.19 bits per heavy atom. The van der Waals surface area contributed by atoms with Crippen LogP contribution in [0.3, 0.4) is 0 Å². The molecular formula is C17H24Cl2O2. The van der Waals surface area contributed by atoms with E-state index in [1.165, 1.54) is 32.1 Å². The molecule has 1 aliphatic carbocycles. The molecule has 1 aliphatic rings. The van der Waals surface area contributed by atoms with Gasteiger partial charge in [0, 0.05) is 11.1 Å². The summed E-state index contributed by atoms with van der Waals surface area (Å²) >= 11 is 13.1. The molecule has 0 saturated heterocycles. The quantitative estimate of drug-likeness (QED) is 0.595. The SMILES string of the molecule is CCOc1cc(Cl)c(C(Cl)C2CCCCC2)cc1OCC. The van der Waals surface area contributed by atoms with Gasteiger partial charge in [-0.05, 0) is 44.2 Å². The highest BCUT2D eigenvalue weighted by molar-refractivity contribution is 6.33. The van der Waals surface area contributed by atoms with Crippen molar-refractivity contribution < 1.29 is 9.47 Å². The van der Waals surface area contributed by atoms with Crippen LogP contribution in [-0.4, -0.2) is 13.2 Å². The van der Waals surface area contributed by atoms with Gasteiger partial charge in [0.1, 0.15) is 0 Å². The molecule has 1 aromatic rings. The minimum atomic E-state index is -0.0484. The van der Waals surface area contributed by atoms with Crippen LogP contribution in [0, 0.1) is 5.92 Å². The lowest BCUT2D eigenvalue weighted by Gasteiger charge is -2.27. The minimum absolute atomic E-state index is 0.0484. The van der Waals surface area contributed by atoms with E-state index >= 15 is 0 Å². The normalized spacial score (nSPS) is 17.5. The summed E-state index contributed by atoms with van der Waals surface area (Å²) in [4.78, 5) is 0. The lowest BCUT2D eigenvalue weighted by molar-refractivity contribution is 0.287. The van der Waals surface area contributed by atoms with Crippen LogP contribution >= 0.6 is 23.2 Å². The molecule has 118 valence electrons. The van der Waals surface area contributed by atoms with Gasteiger partial charge in [-0.15, -0.1) is 11.6 Å². The maximum absolute atomic E-state index is 6.71. The summed E-state index contributed by atoms with van der Waals surface area (Å²) in [6, 6.07) is 3.80. The first kappa shape index (κ1) is 16.8. The monoisotopic (exact) mass is 330 g/mol. The Kier molecular flexibility index (Phi) is 6.50. The van der Waals surface area contributed by atoms with Gasteiger partial charge in [-0.25, -0.2) is 0 Å². The summed E-state index contributed by atoms with van der Waals surface area (Å²) in [6.07, 6.45) is 6.21. The molecule has 1 saturated carbocycles. The van der Waals surface area contributed by atoms with E-state index in [2.05, 4.69) is 0 Å². The highest BCUT2D eigenvalue weighted by Crippen LogP contribution is 2.44. The third kappa shape index (κ3) is 4.20. The van der Waals surface area contributed by atoms with Crippen LogP contribution in [0.4, 0.5) is 0 Å². The summed E-state index contributed by atoms with van der Waals surface area (Å²) in [7, 11) is 0. The topological polar surface area (TPSA) is 18.5 Å². The summed E-state index contributed by atoms with van der Waals surface area (Å²) in [6.45, 7) is 5.09. The molecule has 1 aromatic carbocycles. The molecule has 0 bridgehead atoms. The highest BCUT2D eigenvalue weighted by atomic mass is 35.5. The standard InChI is InChI=1S/C17H24Cl2O2/c1-3-20-15-10-13(14(18)11-16(15)21-4-2)17(19)12-8-6-5-7-9-12/h10-12,17H,3-9H2,1-2H3. The van der Waals surface area contributed by atoms with Crippen LogP contribution < -0.4 is 9.47 Å². The Morgan fingerprint density at radius 1 is 1.05 bits per heavy atom. The van der Waals surface area contributed by atoms with Crippen molar-refractivity contribution >= 4 is 23.2 Å². The molecule has 1 unspecified atom stereocenters. The average molecular weight is 331 g/mol. The Bertz CT molecular complexity index is 456. The highest BCUT2D eigenvalue weighted by Gasteiger charge is 2.26. The van der Waals surface area contributed by atoms with Crippen LogP contribution in [-0.2, 0) is 0 Å².